The molecule has 0 atom stereocenters. The van der Waals surface area contributed by atoms with Crippen LogP contribution in [0, 0.1) is 0 Å². The standard InChI is InChI=1S/C26H26N4O5S/c1-35-25(31)24(36(33)34)29(20-8-4-2-5-9-20)21-10-12-22(13-11-21)30(23-14-16-27-17-15-23)26(32)28-18-6-3-7-19-28/h2,4-5,8-17H,3,6-7,18-19H2,1H3. The third kappa shape index (κ3) is 5.38. The Morgan fingerprint density at radius 3 is 1.86 bits per heavy atom. The summed E-state index contributed by atoms with van der Waals surface area (Å²) in [6.45, 7) is 1.38. The van der Waals surface area contributed by atoms with Crippen LogP contribution < -0.4 is 9.80 Å². The zero-order chi connectivity index (χ0) is 25.5. The van der Waals surface area contributed by atoms with Gasteiger partial charge in [-0.15, -0.1) is 0 Å². The molecule has 0 spiro atoms. The first-order valence-electron chi connectivity index (χ1n) is 11.5. The van der Waals surface area contributed by atoms with Crippen molar-refractivity contribution in [1.29, 1.82) is 0 Å². The number of carbonyl (C=O) groups is 2. The molecule has 1 aliphatic rings. The maximum Gasteiger partial charge on any atom is 0.371 e. The highest BCUT2D eigenvalue weighted by molar-refractivity contribution is 7.75. The first-order valence-corrected chi connectivity index (χ1v) is 12.6. The first kappa shape index (κ1) is 24.9. The molecule has 9 nitrogen and oxygen atoms in total. The number of likely N-dealkylation sites (tertiary alicyclic amines) is 1. The summed E-state index contributed by atoms with van der Waals surface area (Å²) in [4.78, 5) is 34.2. The second kappa shape index (κ2) is 11.5. The molecule has 2 aromatic carbocycles. The minimum Gasteiger partial charge on any atom is -0.464 e. The maximum absolute atomic E-state index is 13.5. The van der Waals surface area contributed by atoms with Gasteiger partial charge in [0.05, 0.1) is 18.5 Å². The fourth-order valence-corrected chi connectivity index (χ4v) is 4.70. The van der Waals surface area contributed by atoms with E-state index in [0.717, 1.165) is 26.4 Å². The number of benzene rings is 2. The van der Waals surface area contributed by atoms with Crippen molar-refractivity contribution < 1.29 is 22.7 Å². The van der Waals surface area contributed by atoms with Gasteiger partial charge in [-0.2, -0.15) is 8.42 Å². The number of aromatic nitrogens is 1. The molecule has 186 valence electrons. The molecule has 0 radical (unpaired) electrons. The van der Waals surface area contributed by atoms with E-state index in [-0.39, 0.29) is 6.03 Å². The Balaban J connectivity index is 1.77. The number of pyridine rings is 1. The van der Waals surface area contributed by atoms with Gasteiger partial charge in [0.25, 0.3) is 4.99 Å². The molecule has 0 aliphatic carbocycles. The van der Waals surface area contributed by atoms with E-state index in [0.29, 0.717) is 35.8 Å². The number of rotatable bonds is 4. The summed E-state index contributed by atoms with van der Waals surface area (Å²) in [7, 11) is -1.75. The molecule has 0 N–H and O–H groups in total. The molecule has 1 aromatic heterocycles. The van der Waals surface area contributed by atoms with Gasteiger partial charge < -0.3 is 9.64 Å². The van der Waals surface area contributed by atoms with Crippen molar-refractivity contribution in [3.8, 4) is 0 Å². The molecule has 3 aromatic rings. The third-order valence-corrected chi connectivity index (χ3v) is 6.51. The molecule has 36 heavy (non-hydrogen) atoms. The summed E-state index contributed by atoms with van der Waals surface area (Å²) in [6.07, 6.45) is 6.26. The van der Waals surface area contributed by atoms with E-state index in [1.807, 2.05) is 4.90 Å². The summed E-state index contributed by atoms with van der Waals surface area (Å²) >= 11 is 0. The minimum atomic E-state index is -2.88. The van der Waals surface area contributed by atoms with Crippen molar-refractivity contribution in [3.05, 3.63) is 79.1 Å². The number of esters is 1. The Morgan fingerprint density at radius 2 is 1.31 bits per heavy atom. The van der Waals surface area contributed by atoms with Crippen molar-refractivity contribution in [2.45, 2.75) is 19.3 Å². The van der Waals surface area contributed by atoms with Crippen LogP contribution in [-0.4, -0.2) is 55.5 Å². The van der Waals surface area contributed by atoms with Gasteiger partial charge in [0.2, 0.25) is 10.3 Å². The zero-order valence-electron chi connectivity index (χ0n) is 19.8. The van der Waals surface area contributed by atoms with Gasteiger partial charge in [0, 0.05) is 36.9 Å². The van der Waals surface area contributed by atoms with E-state index in [1.165, 1.54) is 4.90 Å². The van der Waals surface area contributed by atoms with E-state index in [4.69, 9.17) is 4.74 Å². The fraction of sp³-hybridized carbons (Fsp3) is 0.231. The van der Waals surface area contributed by atoms with Crippen LogP contribution in [0.25, 0.3) is 0 Å². The highest BCUT2D eigenvalue weighted by Gasteiger charge is 2.28. The lowest BCUT2D eigenvalue weighted by molar-refractivity contribution is -0.132. The van der Waals surface area contributed by atoms with Crippen LogP contribution in [-0.2, 0) is 19.8 Å². The van der Waals surface area contributed by atoms with Crippen molar-refractivity contribution in [2.24, 2.45) is 0 Å². The molecule has 10 heteroatoms. The number of hydrogen-bond acceptors (Lipinski definition) is 6. The number of ether oxygens (including phenoxy) is 1. The lowest BCUT2D eigenvalue weighted by Crippen LogP contribution is -2.43. The van der Waals surface area contributed by atoms with Gasteiger partial charge in [0.1, 0.15) is 0 Å². The van der Waals surface area contributed by atoms with Gasteiger partial charge >= 0.3 is 12.0 Å². The molecular formula is C26H26N4O5S. The van der Waals surface area contributed by atoms with E-state index < -0.39 is 21.3 Å². The normalized spacial score (nSPS) is 13.0. The number of carbonyl (C=O) groups excluding carboxylic acids is 2. The summed E-state index contributed by atoms with van der Waals surface area (Å²) in [5, 5.41) is 0. The Hall–Kier alpha value is -4.18. The van der Waals surface area contributed by atoms with E-state index in [2.05, 4.69) is 4.98 Å². The molecule has 0 unspecified atom stereocenters. The fourth-order valence-electron chi connectivity index (χ4n) is 4.12. The monoisotopic (exact) mass is 506 g/mol. The van der Waals surface area contributed by atoms with Gasteiger partial charge in [-0.3, -0.25) is 14.8 Å². The number of urea groups is 1. The highest BCUT2D eigenvalue weighted by Crippen LogP contribution is 2.32. The number of methoxy groups -OCH3 is 1. The predicted molar refractivity (Wildman–Crippen MR) is 138 cm³/mol. The van der Waals surface area contributed by atoms with Crippen LogP contribution in [0.4, 0.5) is 27.5 Å². The average molecular weight is 507 g/mol. The van der Waals surface area contributed by atoms with Crippen LogP contribution in [0.1, 0.15) is 19.3 Å². The van der Waals surface area contributed by atoms with Crippen LogP contribution in [0.2, 0.25) is 0 Å². The summed E-state index contributed by atoms with van der Waals surface area (Å²) in [5.41, 5.74) is 2.13. The Kier molecular flexibility index (Phi) is 7.96. The Labute approximate surface area is 211 Å². The van der Waals surface area contributed by atoms with Crippen LogP contribution in [0.5, 0.6) is 0 Å². The third-order valence-electron chi connectivity index (χ3n) is 5.84. The molecular weight excluding hydrogens is 480 g/mol. The van der Waals surface area contributed by atoms with Crippen molar-refractivity contribution in [2.75, 3.05) is 30.0 Å². The van der Waals surface area contributed by atoms with Gasteiger partial charge in [-0.05, 0) is 67.8 Å². The number of nitrogens with zero attached hydrogens (tertiary/aromatic N) is 4. The minimum absolute atomic E-state index is 0.143. The molecule has 0 saturated carbocycles. The van der Waals surface area contributed by atoms with Gasteiger partial charge in [0.15, 0.2) is 0 Å². The lowest BCUT2D eigenvalue weighted by Gasteiger charge is -2.33. The Morgan fingerprint density at radius 1 is 0.778 bits per heavy atom. The second-order valence-electron chi connectivity index (χ2n) is 8.09. The molecule has 1 fully saturated rings. The van der Waals surface area contributed by atoms with E-state index >= 15 is 0 Å². The van der Waals surface area contributed by atoms with E-state index in [9.17, 15) is 18.0 Å². The number of para-hydroxylation sites is 1. The topological polar surface area (TPSA) is 100 Å². The number of amides is 2. The average Bonchev–Trinajstić information content (AvgIpc) is 2.93. The lowest BCUT2D eigenvalue weighted by atomic mass is 10.1. The van der Waals surface area contributed by atoms with Crippen LogP contribution >= 0.6 is 0 Å². The molecule has 2 amide bonds. The van der Waals surface area contributed by atoms with Crippen molar-refractivity contribution in [1.82, 2.24) is 9.88 Å². The highest BCUT2D eigenvalue weighted by atomic mass is 32.2. The number of piperidine rings is 1. The molecule has 1 aliphatic heterocycles. The summed E-state index contributed by atoms with van der Waals surface area (Å²) < 4.78 is 28.9. The second-order valence-corrected chi connectivity index (χ2v) is 8.95. The largest absolute Gasteiger partial charge is 0.464 e. The zero-order valence-corrected chi connectivity index (χ0v) is 20.6. The summed E-state index contributed by atoms with van der Waals surface area (Å²) in [5.74, 6) is -0.991. The van der Waals surface area contributed by atoms with Gasteiger partial charge in [-0.1, -0.05) is 18.2 Å². The number of hydrogen-bond donors (Lipinski definition) is 0. The SMILES string of the molecule is COC(=O)C(N(c1ccccc1)c1ccc(N(C(=O)N2CCCCC2)c2ccncc2)cc1)=S(=O)=O. The summed E-state index contributed by atoms with van der Waals surface area (Å²) in [6, 6.07) is 18.8. The predicted octanol–water partition coefficient (Wildman–Crippen LogP) is 4.15. The van der Waals surface area contributed by atoms with Crippen LogP contribution in [0.15, 0.2) is 79.1 Å². The quantitative estimate of drug-likeness (QED) is 0.387. The number of anilines is 4. The van der Waals surface area contributed by atoms with Crippen LogP contribution in [0.3, 0.4) is 0 Å². The smallest absolute Gasteiger partial charge is 0.371 e. The molecule has 0 bridgehead atoms. The van der Waals surface area contributed by atoms with Crippen molar-refractivity contribution >= 4 is 50.0 Å². The first-order chi connectivity index (χ1) is 17.5. The van der Waals surface area contributed by atoms with Crippen molar-refractivity contribution in [3.63, 3.8) is 0 Å². The molecule has 2 heterocycles. The molecule has 1 saturated heterocycles. The maximum atomic E-state index is 13.5. The Bertz CT molecular complexity index is 1330. The van der Waals surface area contributed by atoms with Gasteiger partial charge in [-0.25, -0.2) is 9.59 Å². The molecule has 4 rings (SSSR count). The van der Waals surface area contributed by atoms with E-state index in [1.54, 1.807) is 84.0 Å².